The molecule has 0 radical (unpaired) electrons. The molecule has 0 heterocycles. The number of carbonyl (C=O) groups excluding carboxylic acids is 2. The average molecular weight is 311 g/mol. The van der Waals surface area contributed by atoms with Crippen LogP contribution in [0.4, 0.5) is 5.69 Å². The summed E-state index contributed by atoms with van der Waals surface area (Å²) in [5, 5.41) is 15.3. The quantitative estimate of drug-likeness (QED) is 0.449. The number of nitro groups is 1. The Morgan fingerprint density at radius 2 is 1.90 bits per heavy atom. The van der Waals surface area contributed by atoms with Crippen LogP contribution in [0.2, 0.25) is 0 Å². The summed E-state index contributed by atoms with van der Waals surface area (Å²) in [6, 6.07) is 5.97. The molecule has 8 heteroatoms. The van der Waals surface area contributed by atoms with Crippen molar-refractivity contribution in [3.63, 3.8) is 0 Å². The Hall–Kier alpha value is -2.09. The van der Waals surface area contributed by atoms with E-state index in [1.807, 2.05) is 0 Å². The summed E-state index contributed by atoms with van der Waals surface area (Å²) in [7, 11) is 0. The normalized spacial score (nSPS) is 11.5. The van der Waals surface area contributed by atoms with Crippen LogP contribution >= 0.6 is 11.8 Å². The minimum absolute atomic E-state index is 0.00712. The number of amides is 2. The highest BCUT2D eigenvalue weighted by Crippen LogP contribution is 2.25. The van der Waals surface area contributed by atoms with Crippen LogP contribution in [0.15, 0.2) is 29.2 Å². The first-order valence-corrected chi connectivity index (χ1v) is 7.27. The second-order valence-corrected chi connectivity index (χ2v) is 5.60. The van der Waals surface area contributed by atoms with Gasteiger partial charge >= 0.3 is 0 Å². The zero-order valence-electron chi connectivity index (χ0n) is 11.8. The van der Waals surface area contributed by atoms with E-state index in [9.17, 15) is 19.7 Å². The third-order valence-electron chi connectivity index (χ3n) is 2.53. The van der Waals surface area contributed by atoms with Crippen molar-refractivity contribution in [2.24, 2.45) is 0 Å². The number of non-ortho nitro benzene ring substituents is 1. The monoisotopic (exact) mass is 311 g/mol. The number of likely N-dealkylation sites (N-methyl/N-ethyl adjacent to an activating group) is 1. The lowest BCUT2D eigenvalue weighted by molar-refractivity contribution is -0.384. The first-order valence-electron chi connectivity index (χ1n) is 6.39. The minimum atomic E-state index is -0.475. The number of nitrogens with one attached hydrogen (secondary N) is 2. The summed E-state index contributed by atoms with van der Waals surface area (Å²) in [6.07, 6.45) is 0. The molecule has 1 rings (SSSR count). The van der Waals surface area contributed by atoms with Crippen LogP contribution in [0.3, 0.4) is 0 Å². The highest BCUT2D eigenvalue weighted by molar-refractivity contribution is 8.00. The molecule has 0 unspecified atom stereocenters. The van der Waals surface area contributed by atoms with Gasteiger partial charge in [-0.3, -0.25) is 19.7 Å². The Morgan fingerprint density at radius 3 is 2.43 bits per heavy atom. The number of nitro benzene ring substituents is 1. The van der Waals surface area contributed by atoms with Crippen LogP contribution in [0.1, 0.15) is 13.8 Å². The molecule has 0 aliphatic rings. The second-order valence-electron chi connectivity index (χ2n) is 4.18. The topological polar surface area (TPSA) is 101 Å². The van der Waals surface area contributed by atoms with E-state index in [0.717, 1.165) is 4.90 Å². The van der Waals surface area contributed by atoms with Crippen LogP contribution in [0.5, 0.6) is 0 Å². The first-order chi connectivity index (χ1) is 9.93. The summed E-state index contributed by atoms with van der Waals surface area (Å²) in [5.41, 5.74) is 0.00712. The van der Waals surface area contributed by atoms with Gasteiger partial charge in [0.15, 0.2) is 0 Å². The maximum Gasteiger partial charge on any atom is 0.269 e. The van der Waals surface area contributed by atoms with E-state index >= 15 is 0 Å². The van der Waals surface area contributed by atoms with E-state index in [1.165, 1.54) is 23.9 Å². The van der Waals surface area contributed by atoms with Crippen molar-refractivity contribution in [2.75, 3.05) is 13.1 Å². The number of hydrogen-bond acceptors (Lipinski definition) is 5. The van der Waals surface area contributed by atoms with Crippen molar-refractivity contribution in [2.45, 2.75) is 24.0 Å². The van der Waals surface area contributed by atoms with Crippen molar-refractivity contribution < 1.29 is 14.5 Å². The number of benzene rings is 1. The third kappa shape index (κ3) is 5.82. The number of hydrogen-bond donors (Lipinski definition) is 2. The van der Waals surface area contributed by atoms with Gasteiger partial charge in [-0.1, -0.05) is 0 Å². The molecule has 0 aliphatic heterocycles. The largest absolute Gasteiger partial charge is 0.355 e. The van der Waals surface area contributed by atoms with Crippen LogP contribution in [-0.2, 0) is 9.59 Å². The fourth-order valence-electron chi connectivity index (χ4n) is 1.47. The third-order valence-corrected chi connectivity index (χ3v) is 3.64. The average Bonchev–Trinajstić information content (AvgIpc) is 2.45. The summed E-state index contributed by atoms with van der Waals surface area (Å²) in [4.78, 5) is 33.9. The second kappa shape index (κ2) is 8.25. The molecule has 0 aliphatic carbocycles. The summed E-state index contributed by atoms with van der Waals surface area (Å²) in [5.74, 6) is -0.497. The number of thioether (sulfide) groups is 1. The van der Waals surface area contributed by atoms with E-state index in [0.29, 0.717) is 6.54 Å². The Kier molecular flexibility index (Phi) is 6.67. The molecule has 0 saturated heterocycles. The molecule has 7 nitrogen and oxygen atoms in total. The van der Waals surface area contributed by atoms with Gasteiger partial charge in [-0.25, -0.2) is 0 Å². The number of rotatable bonds is 7. The Labute approximate surface area is 126 Å². The van der Waals surface area contributed by atoms with Crippen molar-refractivity contribution in [3.05, 3.63) is 34.4 Å². The van der Waals surface area contributed by atoms with Gasteiger partial charge in [0.1, 0.15) is 0 Å². The number of nitrogens with zero attached hydrogens (tertiary/aromatic N) is 1. The van der Waals surface area contributed by atoms with Crippen LogP contribution in [0.25, 0.3) is 0 Å². The van der Waals surface area contributed by atoms with Crippen LogP contribution in [-0.4, -0.2) is 35.1 Å². The Balaban J connectivity index is 2.48. The van der Waals surface area contributed by atoms with Gasteiger partial charge in [-0.05, 0) is 26.0 Å². The maximum absolute atomic E-state index is 11.8. The molecule has 1 atom stereocenters. The van der Waals surface area contributed by atoms with Crippen LogP contribution < -0.4 is 10.6 Å². The lowest BCUT2D eigenvalue weighted by Gasteiger charge is -2.11. The SMILES string of the molecule is CCNC(=O)CNC(=O)[C@@H](C)Sc1ccc([N+](=O)[O-])cc1. The van der Waals surface area contributed by atoms with Gasteiger partial charge in [-0.2, -0.15) is 0 Å². The predicted octanol–water partition coefficient (Wildman–Crippen LogP) is 1.33. The Bertz CT molecular complexity index is 519. The van der Waals surface area contributed by atoms with Crippen LogP contribution in [0, 0.1) is 10.1 Å². The molecule has 2 amide bonds. The molecule has 0 saturated carbocycles. The molecule has 114 valence electrons. The van der Waals surface area contributed by atoms with Gasteiger partial charge in [0.05, 0.1) is 16.7 Å². The predicted molar refractivity (Wildman–Crippen MR) is 80.1 cm³/mol. The van der Waals surface area contributed by atoms with Gasteiger partial charge < -0.3 is 10.6 Å². The number of carbonyl (C=O) groups is 2. The summed E-state index contributed by atoms with van der Waals surface area (Å²) in [6.45, 7) is 3.96. The zero-order chi connectivity index (χ0) is 15.8. The summed E-state index contributed by atoms with van der Waals surface area (Å²) < 4.78 is 0. The lowest BCUT2D eigenvalue weighted by atomic mass is 10.3. The fourth-order valence-corrected chi connectivity index (χ4v) is 2.37. The first kappa shape index (κ1) is 17.0. The van der Waals surface area contributed by atoms with E-state index in [4.69, 9.17) is 0 Å². The molecule has 2 N–H and O–H groups in total. The molecule has 0 fully saturated rings. The van der Waals surface area contributed by atoms with E-state index < -0.39 is 10.2 Å². The Morgan fingerprint density at radius 1 is 1.29 bits per heavy atom. The molecular weight excluding hydrogens is 294 g/mol. The van der Waals surface area contributed by atoms with E-state index in [1.54, 1.807) is 26.0 Å². The molecule has 0 spiro atoms. The van der Waals surface area contributed by atoms with E-state index in [-0.39, 0.29) is 24.0 Å². The lowest BCUT2D eigenvalue weighted by Crippen LogP contribution is -2.39. The highest BCUT2D eigenvalue weighted by Gasteiger charge is 2.15. The highest BCUT2D eigenvalue weighted by atomic mass is 32.2. The van der Waals surface area contributed by atoms with E-state index in [2.05, 4.69) is 10.6 Å². The summed E-state index contributed by atoms with van der Waals surface area (Å²) >= 11 is 1.27. The molecule has 1 aromatic carbocycles. The zero-order valence-corrected chi connectivity index (χ0v) is 12.6. The van der Waals surface area contributed by atoms with Gasteiger partial charge in [0, 0.05) is 23.6 Å². The van der Waals surface area contributed by atoms with Crippen molar-refractivity contribution in [3.8, 4) is 0 Å². The maximum atomic E-state index is 11.8. The fraction of sp³-hybridized carbons (Fsp3) is 0.385. The van der Waals surface area contributed by atoms with Crippen molar-refractivity contribution >= 4 is 29.3 Å². The molecule has 0 aromatic heterocycles. The van der Waals surface area contributed by atoms with Gasteiger partial charge in [0.25, 0.3) is 5.69 Å². The van der Waals surface area contributed by atoms with Crippen molar-refractivity contribution in [1.82, 2.24) is 10.6 Å². The van der Waals surface area contributed by atoms with Gasteiger partial charge in [-0.15, -0.1) is 11.8 Å². The molecule has 21 heavy (non-hydrogen) atoms. The smallest absolute Gasteiger partial charge is 0.269 e. The molecule has 1 aromatic rings. The van der Waals surface area contributed by atoms with Crippen molar-refractivity contribution in [1.29, 1.82) is 0 Å². The minimum Gasteiger partial charge on any atom is -0.355 e. The molecule has 0 bridgehead atoms. The molecular formula is C13H17N3O4S. The standard InChI is InChI=1S/C13H17N3O4S/c1-3-14-12(17)8-15-13(18)9(2)21-11-6-4-10(5-7-11)16(19)20/h4-7,9H,3,8H2,1-2H3,(H,14,17)(H,15,18)/t9-/m1/s1. The van der Waals surface area contributed by atoms with Gasteiger partial charge in [0.2, 0.25) is 11.8 Å².